The largest absolute Gasteiger partial charge is 0.354 e. The van der Waals surface area contributed by atoms with Crippen LogP contribution in [0.1, 0.15) is 16.8 Å². The number of rotatable bonds is 1. The molecule has 0 atom stereocenters. The summed E-state index contributed by atoms with van der Waals surface area (Å²) in [6, 6.07) is 12.4. The molecule has 0 radical (unpaired) electrons. The Kier molecular flexibility index (Phi) is 2.54. The second-order valence-electron chi connectivity index (χ2n) is 5.42. The van der Waals surface area contributed by atoms with Crippen LogP contribution >= 0.6 is 0 Å². The molecule has 5 nitrogen and oxygen atoms in total. The first-order valence-corrected chi connectivity index (χ1v) is 7.02. The molecule has 0 saturated carbocycles. The first-order chi connectivity index (χ1) is 10.7. The zero-order valence-electron chi connectivity index (χ0n) is 12.2. The lowest BCUT2D eigenvalue weighted by Crippen LogP contribution is -1.90. The van der Waals surface area contributed by atoms with Gasteiger partial charge in [0.05, 0.1) is 0 Å². The molecule has 2 heterocycles. The molecule has 5 heteroatoms. The molecule has 4 aromatic rings. The number of H-pyrrole nitrogens is 2. The average Bonchev–Trinajstić information content (AvgIpc) is 3.15. The van der Waals surface area contributed by atoms with Crippen LogP contribution in [-0.4, -0.2) is 20.4 Å². The Hall–Kier alpha value is -3.13. The van der Waals surface area contributed by atoms with Crippen molar-refractivity contribution in [1.82, 2.24) is 20.4 Å². The van der Waals surface area contributed by atoms with Crippen LogP contribution in [-0.2, 0) is 0 Å². The summed E-state index contributed by atoms with van der Waals surface area (Å²) in [5, 5.41) is 22.2. The SMILES string of the molecule is Cc1cc(-c2n[nH]nc2C#N)c(C)c2c1[nH]c1ccccc12. The van der Waals surface area contributed by atoms with Gasteiger partial charge in [0.15, 0.2) is 5.69 Å². The quantitative estimate of drug-likeness (QED) is 0.561. The molecule has 0 bridgehead atoms. The molecule has 2 N–H and O–H groups in total. The summed E-state index contributed by atoms with van der Waals surface area (Å²) in [5.74, 6) is 0. The van der Waals surface area contributed by atoms with Gasteiger partial charge in [-0.05, 0) is 37.1 Å². The molecule has 0 amide bonds. The van der Waals surface area contributed by atoms with Crippen LogP contribution in [0.5, 0.6) is 0 Å². The minimum atomic E-state index is 0.321. The van der Waals surface area contributed by atoms with Gasteiger partial charge in [0, 0.05) is 27.4 Å². The first-order valence-electron chi connectivity index (χ1n) is 7.02. The molecule has 0 saturated heterocycles. The van der Waals surface area contributed by atoms with E-state index in [1.54, 1.807) is 0 Å². The van der Waals surface area contributed by atoms with Crippen molar-refractivity contribution in [3.8, 4) is 17.3 Å². The fraction of sp³-hybridized carbons (Fsp3) is 0.118. The van der Waals surface area contributed by atoms with Gasteiger partial charge >= 0.3 is 0 Å². The number of aromatic nitrogens is 4. The normalized spacial score (nSPS) is 11.1. The smallest absolute Gasteiger partial charge is 0.190 e. The molecule has 22 heavy (non-hydrogen) atoms. The van der Waals surface area contributed by atoms with Gasteiger partial charge < -0.3 is 4.98 Å². The second-order valence-corrected chi connectivity index (χ2v) is 5.42. The third-order valence-corrected chi connectivity index (χ3v) is 4.15. The molecular weight excluding hydrogens is 274 g/mol. The highest BCUT2D eigenvalue weighted by Crippen LogP contribution is 2.36. The lowest BCUT2D eigenvalue weighted by Gasteiger charge is -2.08. The van der Waals surface area contributed by atoms with Crippen molar-refractivity contribution in [3.05, 3.63) is 47.2 Å². The zero-order chi connectivity index (χ0) is 15.3. The summed E-state index contributed by atoms with van der Waals surface area (Å²) in [4.78, 5) is 3.48. The molecule has 4 rings (SSSR count). The summed E-state index contributed by atoms with van der Waals surface area (Å²) in [6.07, 6.45) is 0. The van der Waals surface area contributed by atoms with Gasteiger partial charge in [-0.2, -0.15) is 15.6 Å². The highest BCUT2D eigenvalue weighted by atomic mass is 15.3. The fourth-order valence-corrected chi connectivity index (χ4v) is 3.10. The summed E-state index contributed by atoms with van der Waals surface area (Å²) in [7, 11) is 0. The van der Waals surface area contributed by atoms with E-state index in [1.165, 1.54) is 10.8 Å². The summed E-state index contributed by atoms with van der Waals surface area (Å²) in [6.45, 7) is 4.13. The van der Waals surface area contributed by atoms with E-state index < -0.39 is 0 Å². The van der Waals surface area contributed by atoms with Gasteiger partial charge in [0.25, 0.3) is 0 Å². The Balaban J connectivity index is 2.16. The molecule has 106 valence electrons. The summed E-state index contributed by atoms with van der Waals surface area (Å²) >= 11 is 0. The molecule has 0 unspecified atom stereocenters. The molecule has 0 aliphatic rings. The first kappa shape index (κ1) is 12.6. The van der Waals surface area contributed by atoms with E-state index >= 15 is 0 Å². The third kappa shape index (κ3) is 1.58. The van der Waals surface area contributed by atoms with Gasteiger partial charge in [-0.1, -0.05) is 18.2 Å². The topological polar surface area (TPSA) is 81.2 Å². The Morgan fingerprint density at radius 3 is 2.77 bits per heavy atom. The molecule has 0 aliphatic heterocycles. The molecule has 0 spiro atoms. The molecule has 0 aliphatic carbocycles. The number of para-hydroxylation sites is 1. The van der Waals surface area contributed by atoms with Crippen LogP contribution in [0.2, 0.25) is 0 Å². The maximum absolute atomic E-state index is 9.20. The number of nitriles is 1. The summed E-state index contributed by atoms with van der Waals surface area (Å²) in [5.41, 5.74) is 6.34. The Morgan fingerprint density at radius 1 is 1.14 bits per heavy atom. The lowest BCUT2D eigenvalue weighted by molar-refractivity contribution is 0.937. The minimum Gasteiger partial charge on any atom is -0.354 e. The number of fused-ring (bicyclic) bond motifs is 3. The number of hydrogen-bond donors (Lipinski definition) is 2. The van der Waals surface area contributed by atoms with Crippen molar-refractivity contribution in [2.75, 3.05) is 0 Å². The molecule has 0 fully saturated rings. The van der Waals surface area contributed by atoms with Crippen LogP contribution in [0, 0.1) is 25.2 Å². The number of nitrogens with zero attached hydrogens (tertiary/aromatic N) is 3. The van der Waals surface area contributed by atoms with E-state index in [9.17, 15) is 5.26 Å². The van der Waals surface area contributed by atoms with Gasteiger partial charge in [-0.15, -0.1) is 5.10 Å². The predicted molar refractivity (Wildman–Crippen MR) is 85.4 cm³/mol. The fourth-order valence-electron chi connectivity index (χ4n) is 3.10. The third-order valence-electron chi connectivity index (χ3n) is 4.15. The van der Waals surface area contributed by atoms with Crippen LogP contribution in [0.3, 0.4) is 0 Å². The Bertz CT molecular complexity index is 1060. The molecule has 2 aromatic carbocycles. The van der Waals surface area contributed by atoms with E-state index in [2.05, 4.69) is 58.5 Å². The van der Waals surface area contributed by atoms with Crippen molar-refractivity contribution in [2.45, 2.75) is 13.8 Å². The number of benzene rings is 2. The Morgan fingerprint density at radius 2 is 1.95 bits per heavy atom. The zero-order valence-corrected chi connectivity index (χ0v) is 12.2. The van der Waals surface area contributed by atoms with Crippen molar-refractivity contribution in [2.24, 2.45) is 0 Å². The number of nitrogens with one attached hydrogen (secondary N) is 2. The van der Waals surface area contributed by atoms with Crippen molar-refractivity contribution >= 4 is 21.8 Å². The van der Waals surface area contributed by atoms with Crippen LogP contribution in [0.15, 0.2) is 30.3 Å². The number of hydrogen-bond acceptors (Lipinski definition) is 3. The van der Waals surface area contributed by atoms with E-state index in [0.717, 1.165) is 27.7 Å². The molecule has 2 aromatic heterocycles. The standard InChI is InChI=1S/C17H13N5/c1-9-7-12(17-14(8-18)20-22-21-17)10(2)15-11-5-3-4-6-13(11)19-16(9)15/h3-7,19H,1-2H3,(H,20,21,22). The highest BCUT2D eigenvalue weighted by Gasteiger charge is 2.17. The van der Waals surface area contributed by atoms with Crippen molar-refractivity contribution < 1.29 is 0 Å². The van der Waals surface area contributed by atoms with Gasteiger partial charge in [0.2, 0.25) is 0 Å². The maximum atomic E-state index is 9.20. The van der Waals surface area contributed by atoms with Crippen LogP contribution < -0.4 is 0 Å². The van der Waals surface area contributed by atoms with Crippen molar-refractivity contribution in [3.63, 3.8) is 0 Å². The van der Waals surface area contributed by atoms with E-state index in [-0.39, 0.29) is 0 Å². The number of aromatic amines is 2. The van der Waals surface area contributed by atoms with Gasteiger partial charge in [0.1, 0.15) is 11.8 Å². The predicted octanol–water partition coefficient (Wildman–Crippen LogP) is 3.59. The number of aryl methyl sites for hydroxylation is 2. The van der Waals surface area contributed by atoms with E-state index in [0.29, 0.717) is 11.4 Å². The maximum Gasteiger partial charge on any atom is 0.190 e. The van der Waals surface area contributed by atoms with E-state index in [4.69, 9.17) is 0 Å². The summed E-state index contributed by atoms with van der Waals surface area (Å²) < 4.78 is 0. The van der Waals surface area contributed by atoms with Crippen molar-refractivity contribution in [1.29, 1.82) is 5.26 Å². The minimum absolute atomic E-state index is 0.321. The second kappa shape index (κ2) is 4.43. The van der Waals surface area contributed by atoms with Gasteiger partial charge in [-0.3, -0.25) is 0 Å². The Labute approximate surface area is 126 Å². The monoisotopic (exact) mass is 287 g/mol. The average molecular weight is 287 g/mol. The molecular formula is C17H13N5. The lowest BCUT2D eigenvalue weighted by atomic mass is 9.96. The van der Waals surface area contributed by atoms with Crippen LogP contribution in [0.25, 0.3) is 33.1 Å². The van der Waals surface area contributed by atoms with Gasteiger partial charge in [-0.25, -0.2) is 0 Å². The highest BCUT2D eigenvalue weighted by molar-refractivity contribution is 6.11. The van der Waals surface area contributed by atoms with Crippen LogP contribution in [0.4, 0.5) is 0 Å². The van der Waals surface area contributed by atoms with E-state index in [1.807, 2.05) is 12.1 Å².